The molecule has 0 unspecified atom stereocenters. The Kier molecular flexibility index (Phi) is 3.48. The Morgan fingerprint density at radius 2 is 1.95 bits per heavy atom. The molecule has 0 aromatic carbocycles. The molecule has 0 radical (unpaired) electrons. The smallest absolute Gasteiger partial charge is 0.410 e. The molecule has 102 valence electrons. The fourth-order valence-electron chi connectivity index (χ4n) is 2.50. The zero-order valence-electron chi connectivity index (χ0n) is 10.8. The van der Waals surface area contributed by atoms with Gasteiger partial charge in [-0.3, -0.25) is 0 Å². The molecular weight excluding hydrogens is 244 g/mol. The lowest BCUT2D eigenvalue weighted by molar-refractivity contribution is 0.0452. The summed E-state index contributed by atoms with van der Waals surface area (Å²) in [5.41, 5.74) is 0. The fourth-order valence-corrected chi connectivity index (χ4v) is 2.50. The van der Waals surface area contributed by atoms with Crippen molar-refractivity contribution in [2.75, 3.05) is 18.4 Å². The van der Waals surface area contributed by atoms with Gasteiger partial charge in [-0.15, -0.1) is 0 Å². The van der Waals surface area contributed by atoms with Gasteiger partial charge in [-0.1, -0.05) is 0 Å². The first kappa shape index (κ1) is 12.2. The predicted octanol–water partition coefficient (Wildman–Crippen LogP) is 1.65. The summed E-state index contributed by atoms with van der Waals surface area (Å²) in [5, 5.41) is 3.19. The van der Waals surface area contributed by atoms with Gasteiger partial charge in [0.2, 0.25) is 5.95 Å². The summed E-state index contributed by atoms with van der Waals surface area (Å²) < 4.78 is 5.44. The summed E-state index contributed by atoms with van der Waals surface area (Å²) in [5.74, 6) is 0.608. The van der Waals surface area contributed by atoms with Crippen molar-refractivity contribution in [3.05, 3.63) is 18.5 Å². The summed E-state index contributed by atoms with van der Waals surface area (Å²) in [6.45, 7) is 1.31. The normalized spacial score (nSPS) is 20.1. The van der Waals surface area contributed by atoms with Crippen LogP contribution in [0.3, 0.4) is 0 Å². The molecule has 0 spiro atoms. The molecule has 19 heavy (non-hydrogen) atoms. The second kappa shape index (κ2) is 5.42. The quantitative estimate of drug-likeness (QED) is 0.897. The molecule has 1 aromatic rings. The Morgan fingerprint density at radius 1 is 1.26 bits per heavy atom. The van der Waals surface area contributed by atoms with Gasteiger partial charge in [0.1, 0.15) is 6.10 Å². The van der Waals surface area contributed by atoms with Crippen LogP contribution in [0.4, 0.5) is 10.7 Å². The monoisotopic (exact) mass is 262 g/mol. The first-order chi connectivity index (χ1) is 9.31. The number of anilines is 1. The average molecular weight is 262 g/mol. The van der Waals surface area contributed by atoms with Crippen LogP contribution in [-0.4, -0.2) is 46.2 Å². The molecular formula is C13H18N4O2. The van der Waals surface area contributed by atoms with Crippen LogP contribution in [-0.2, 0) is 4.74 Å². The molecule has 1 N–H and O–H groups in total. The van der Waals surface area contributed by atoms with Crippen molar-refractivity contribution in [1.29, 1.82) is 0 Å². The van der Waals surface area contributed by atoms with E-state index in [4.69, 9.17) is 4.74 Å². The van der Waals surface area contributed by atoms with Crippen LogP contribution in [0.2, 0.25) is 0 Å². The van der Waals surface area contributed by atoms with Crippen molar-refractivity contribution in [3.63, 3.8) is 0 Å². The van der Waals surface area contributed by atoms with Crippen LogP contribution >= 0.6 is 0 Å². The number of hydrogen-bond donors (Lipinski definition) is 1. The zero-order valence-corrected chi connectivity index (χ0v) is 10.8. The molecule has 1 aromatic heterocycles. The van der Waals surface area contributed by atoms with Crippen LogP contribution < -0.4 is 5.32 Å². The van der Waals surface area contributed by atoms with Crippen molar-refractivity contribution in [2.24, 2.45) is 0 Å². The number of carbonyl (C=O) groups excluding carboxylic acids is 1. The van der Waals surface area contributed by atoms with Gasteiger partial charge in [0.15, 0.2) is 0 Å². The molecule has 3 rings (SSSR count). The molecule has 1 amide bonds. The number of likely N-dealkylation sites (tertiary alicyclic amines) is 1. The summed E-state index contributed by atoms with van der Waals surface area (Å²) in [6.07, 6.45) is 7.72. The lowest BCUT2D eigenvalue weighted by Crippen LogP contribution is -2.57. The van der Waals surface area contributed by atoms with E-state index >= 15 is 0 Å². The zero-order chi connectivity index (χ0) is 13.1. The van der Waals surface area contributed by atoms with Gasteiger partial charge in [-0.2, -0.15) is 0 Å². The minimum Gasteiger partial charge on any atom is -0.446 e. The third-order valence-electron chi connectivity index (χ3n) is 3.61. The molecule has 2 fully saturated rings. The molecule has 1 aliphatic heterocycles. The van der Waals surface area contributed by atoms with Crippen LogP contribution in [0, 0.1) is 0 Å². The van der Waals surface area contributed by atoms with E-state index in [9.17, 15) is 4.79 Å². The molecule has 1 saturated heterocycles. The van der Waals surface area contributed by atoms with E-state index in [1.54, 1.807) is 23.4 Å². The van der Waals surface area contributed by atoms with Crippen LogP contribution in [0.1, 0.15) is 25.7 Å². The van der Waals surface area contributed by atoms with Gasteiger partial charge < -0.3 is 15.0 Å². The van der Waals surface area contributed by atoms with Gasteiger partial charge >= 0.3 is 6.09 Å². The maximum absolute atomic E-state index is 11.8. The van der Waals surface area contributed by atoms with E-state index in [0.717, 1.165) is 12.8 Å². The third-order valence-corrected chi connectivity index (χ3v) is 3.61. The Morgan fingerprint density at radius 3 is 2.63 bits per heavy atom. The third kappa shape index (κ3) is 2.94. The van der Waals surface area contributed by atoms with Crippen LogP contribution in [0.15, 0.2) is 18.5 Å². The number of ether oxygens (including phenoxy) is 1. The first-order valence-corrected chi connectivity index (χ1v) is 6.80. The van der Waals surface area contributed by atoms with Gasteiger partial charge in [0.05, 0.1) is 6.04 Å². The standard InChI is InChI=1S/C13H18N4O2/c18-13(19-11-4-1-2-5-11)17-8-10(9-17)16-12-14-6-3-7-15-12/h3,6-7,10-11H,1-2,4-5,8-9H2,(H,14,15,16). The first-order valence-electron chi connectivity index (χ1n) is 6.80. The Bertz CT molecular complexity index is 428. The van der Waals surface area contributed by atoms with Crippen LogP contribution in [0.5, 0.6) is 0 Å². The number of rotatable bonds is 3. The number of aromatic nitrogens is 2. The van der Waals surface area contributed by atoms with E-state index in [1.807, 2.05) is 0 Å². The van der Waals surface area contributed by atoms with Gasteiger partial charge in [0.25, 0.3) is 0 Å². The number of amides is 1. The highest BCUT2D eigenvalue weighted by Gasteiger charge is 2.33. The molecule has 0 bridgehead atoms. The molecule has 2 heterocycles. The van der Waals surface area contributed by atoms with Crippen molar-refractivity contribution >= 4 is 12.0 Å². The van der Waals surface area contributed by atoms with E-state index in [1.165, 1.54) is 12.8 Å². The second-order valence-electron chi connectivity index (χ2n) is 5.11. The van der Waals surface area contributed by atoms with Gasteiger partial charge in [-0.05, 0) is 31.7 Å². The highest BCUT2D eigenvalue weighted by atomic mass is 16.6. The van der Waals surface area contributed by atoms with Crippen molar-refractivity contribution < 1.29 is 9.53 Å². The Labute approximate surface area is 112 Å². The van der Waals surface area contributed by atoms with Crippen molar-refractivity contribution in [1.82, 2.24) is 14.9 Å². The SMILES string of the molecule is O=C(OC1CCCC1)N1CC(Nc2ncccn2)C1. The number of nitrogens with zero attached hydrogens (tertiary/aromatic N) is 3. The topological polar surface area (TPSA) is 67.3 Å². The highest BCUT2D eigenvalue weighted by Crippen LogP contribution is 2.23. The fraction of sp³-hybridized carbons (Fsp3) is 0.615. The van der Waals surface area contributed by atoms with E-state index in [-0.39, 0.29) is 18.2 Å². The molecule has 6 heteroatoms. The minimum absolute atomic E-state index is 0.136. The van der Waals surface area contributed by atoms with Crippen molar-refractivity contribution in [2.45, 2.75) is 37.8 Å². The minimum atomic E-state index is -0.182. The molecule has 0 atom stereocenters. The predicted molar refractivity (Wildman–Crippen MR) is 69.8 cm³/mol. The maximum atomic E-state index is 11.8. The average Bonchev–Trinajstić information content (AvgIpc) is 2.87. The largest absolute Gasteiger partial charge is 0.446 e. The number of hydrogen-bond acceptors (Lipinski definition) is 5. The van der Waals surface area contributed by atoms with Gasteiger partial charge in [-0.25, -0.2) is 14.8 Å². The molecule has 1 saturated carbocycles. The highest BCUT2D eigenvalue weighted by molar-refractivity contribution is 5.69. The summed E-state index contributed by atoms with van der Waals surface area (Å²) in [7, 11) is 0. The maximum Gasteiger partial charge on any atom is 0.410 e. The summed E-state index contributed by atoms with van der Waals surface area (Å²) >= 11 is 0. The van der Waals surface area contributed by atoms with Crippen LogP contribution in [0.25, 0.3) is 0 Å². The molecule has 2 aliphatic rings. The van der Waals surface area contributed by atoms with E-state index in [0.29, 0.717) is 19.0 Å². The Balaban J connectivity index is 1.41. The van der Waals surface area contributed by atoms with Crippen molar-refractivity contribution in [3.8, 4) is 0 Å². The van der Waals surface area contributed by atoms with E-state index in [2.05, 4.69) is 15.3 Å². The lowest BCUT2D eigenvalue weighted by atomic mass is 10.1. The number of carbonyl (C=O) groups is 1. The summed E-state index contributed by atoms with van der Waals surface area (Å²) in [6, 6.07) is 2.00. The number of nitrogens with one attached hydrogen (secondary N) is 1. The van der Waals surface area contributed by atoms with E-state index < -0.39 is 0 Å². The lowest BCUT2D eigenvalue weighted by Gasteiger charge is -2.39. The Hall–Kier alpha value is -1.85. The second-order valence-corrected chi connectivity index (χ2v) is 5.11. The molecule has 1 aliphatic carbocycles. The summed E-state index contributed by atoms with van der Waals surface area (Å²) in [4.78, 5) is 21.7. The molecule has 6 nitrogen and oxygen atoms in total. The van der Waals surface area contributed by atoms with Gasteiger partial charge in [0, 0.05) is 25.5 Å².